The first-order chi connectivity index (χ1) is 8.58. The molecular formula is C12H13BrN2O2S. The molecule has 0 N–H and O–H groups in total. The Morgan fingerprint density at radius 3 is 2.89 bits per heavy atom. The van der Waals surface area contributed by atoms with Gasteiger partial charge in [-0.1, -0.05) is 28.1 Å². The number of hydrogen-bond acceptors (Lipinski definition) is 3. The Balaban J connectivity index is 2.04. The second kappa shape index (κ2) is 4.35. The number of likely N-dealkylation sites (tertiary alicyclic amines) is 1. The van der Waals surface area contributed by atoms with Crippen LogP contribution in [0.4, 0.5) is 0 Å². The summed E-state index contributed by atoms with van der Waals surface area (Å²) < 4.78 is 27.9. The lowest BCUT2D eigenvalue weighted by Crippen LogP contribution is -2.40. The van der Waals surface area contributed by atoms with Crippen LogP contribution in [0.25, 0.3) is 0 Å². The van der Waals surface area contributed by atoms with Crippen LogP contribution in [0.2, 0.25) is 0 Å². The number of fused-ring (bicyclic) bond motifs is 1. The highest BCUT2D eigenvalue weighted by Gasteiger charge is 2.33. The molecule has 4 nitrogen and oxygen atoms in total. The molecule has 0 radical (unpaired) electrons. The molecule has 1 unspecified atom stereocenters. The lowest BCUT2D eigenvalue weighted by Gasteiger charge is -2.31. The van der Waals surface area contributed by atoms with Gasteiger partial charge in [-0.2, -0.15) is 8.42 Å². The van der Waals surface area contributed by atoms with Gasteiger partial charge in [-0.15, -0.1) is 4.40 Å². The summed E-state index contributed by atoms with van der Waals surface area (Å²) in [6.07, 6.45) is 2.18. The molecule has 1 saturated heterocycles. The highest BCUT2D eigenvalue weighted by Crippen LogP contribution is 2.29. The van der Waals surface area contributed by atoms with E-state index in [4.69, 9.17) is 0 Å². The van der Waals surface area contributed by atoms with Crippen molar-refractivity contribution in [2.75, 3.05) is 13.1 Å². The van der Waals surface area contributed by atoms with Crippen molar-refractivity contribution in [2.24, 2.45) is 4.40 Å². The molecule has 1 aromatic carbocycles. The van der Waals surface area contributed by atoms with E-state index >= 15 is 0 Å². The highest BCUT2D eigenvalue weighted by atomic mass is 79.9. The second-order valence-corrected chi connectivity index (χ2v) is 7.44. The van der Waals surface area contributed by atoms with Gasteiger partial charge in [0.15, 0.2) is 5.84 Å². The fourth-order valence-electron chi connectivity index (χ4n) is 2.43. The van der Waals surface area contributed by atoms with E-state index in [0.29, 0.717) is 15.6 Å². The number of halogens is 1. The first kappa shape index (κ1) is 12.2. The van der Waals surface area contributed by atoms with Crippen molar-refractivity contribution in [3.8, 4) is 0 Å². The number of sulfonamides is 1. The molecule has 0 saturated carbocycles. The number of amidine groups is 1. The van der Waals surface area contributed by atoms with Gasteiger partial charge in [0.1, 0.15) is 4.90 Å². The summed E-state index contributed by atoms with van der Waals surface area (Å²) in [6, 6.07) is 7.04. The summed E-state index contributed by atoms with van der Waals surface area (Å²) in [5.74, 6) is 0.606. The van der Waals surface area contributed by atoms with Gasteiger partial charge in [0.2, 0.25) is 0 Å². The first-order valence-electron chi connectivity index (χ1n) is 5.91. The number of hydrogen-bond donors (Lipinski definition) is 0. The van der Waals surface area contributed by atoms with Crippen molar-refractivity contribution in [1.82, 2.24) is 4.90 Å². The number of nitrogens with zero attached hydrogens (tertiary/aromatic N) is 2. The third-order valence-corrected chi connectivity index (χ3v) is 5.35. The highest BCUT2D eigenvalue weighted by molar-refractivity contribution is 9.09. The zero-order valence-electron chi connectivity index (χ0n) is 9.71. The maximum atomic E-state index is 12.0. The molecule has 2 heterocycles. The van der Waals surface area contributed by atoms with Crippen LogP contribution in [-0.2, 0) is 10.0 Å². The molecule has 1 fully saturated rings. The van der Waals surface area contributed by atoms with Gasteiger partial charge in [0.05, 0.1) is 0 Å². The quantitative estimate of drug-likeness (QED) is 0.684. The summed E-state index contributed by atoms with van der Waals surface area (Å²) in [6.45, 7) is 1.67. The minimum absolute atomic E-state index is 0.330. The molecule has 2 aliphatic rings. The Morgan fingerprint density at radius 2 is 2.11 bits per heavy atom. The van der Waals surface area contributed by atoms with Crippen LogP contribution in [0.15, 0.2) is 33.6 Å². The normalized spacial score (nSPS) is 25.7. The standard InChI is InChI=1S/C12H13BrN2O2S/c13-9-4-3-7-15(8-9)12-10-5-1-2-6-11(10)18(16,17)14-12/h1-2,5-6,9H,3-4,7-8H2. The Hall–Kier alpha value is -0.880. The van der Waals surface area contributed by atoms with Crippen molar-refractivity contribution in [3.05, 3.63) is 29.8 Å². The molecule has 0 amide bonds. The van der Waals surface area contributed by atoms with Crippen LogP contribution in [-0.4, -0.2) is 37.1 Å². The molecule has 96 valence electrons. The summed E-state index contributed by atoms with van der Waals surface area (Å²) in [5.41, 5.74) is 0.735. The molecule has 18 heavy (non-hydrogen) atoms. The Bertz CT molecular complexity index is 612. The smallest absolute Gasteiger partial charge is 0.285 e. The van der Waals surface area contributed by atoms with Crippen LogP contribution in [0.5, 0.6) is 0 Å². The predicted molar refractivity (Wildman–Crippen MR) is 73.7 cm³/mol. The van der Waals surface area contributed by atoms with Crippen LogP contribution in [0.1, 0.15) is 18.4 Å². The van der Waals surface area contributed by atoms with E-state index < -0.39 is 10.0 Å². The fraction of sp³-hybridized carbons (Fsp3) is 0.417. The first-order valence-corrected chi connectivity index (χ1v) is 8.27. The van der Waals surface area contributed by atoms with Gasteiger partial charge in [0, 0.05) is 23.5 Å². The van der Waals surface area contributed by atoms with E-state index in [1.165, 1.54) is 0 Å². The minimum atomic E-state index is -3.49. The molecule has 0 aromatic heterocycles. The van der Waals surface area contributed by atoms with Gasteiger partial charge >= 0.3 is 0 Å². The topological polar surface area (TPSA) is 49.7 Å². The Labute approximate surface area is 115 Å². The monoisotopic (exact) mass is 328 g/mol. The summed E-state index contributed by atoms with van der Waals surface area (Å²) in [5, 5.41) is 0. The van der Waals surface area contributed by atoms with E-state index in [2.05, 4.69) is 25.2 Å². The Morgan fingerprint density at radius 1 is 1.33 bits per heavy atom. The number of rotatable bonds is 0. The maximum Gasteiger partial charge on any atom is 0.285 e. The average molecular weight is 329 g/mol. The minimum Gasteiger partial charge on any atom is -0.354 e. The molecule has 3 rings (SSSR count). The number of alkyl halides is 1. The second-order valence-electron chi connectivity index (χ2n) is 4.57. The van der Waals surface area contributed by atoms with Gasteiger partial charge < -0.3 is 4.90 Å². The molecule has 0 aliphatic carbocycles. The van der Waals surface area contributed by atoms with Crippen LogP contribution in [0, 0.1) is 0 Å². The van der Waals surface area contributed by atoms with Crippen molar-refractivity contribution < 1.29 is 8.42 Å². The van der Waals surface area contributed by atoms with E-state index in [1.807, 2.05) is 12.1 Å². The third-order valence-electron chi connectivity index (χ3n) is 3.28. The third kappa shape index (κ3) is 1.97. The van der Waals surface area contributed by atoms with E-state index in [9.17, 15) is 8.42 Å². The van der Waals surface area contributed by atoms with Gasteiger partial charge in [-0.25, -0.2) is 0 Å². The van der Waals surface area contributed by atoms with E-state index in [-0.39, 0.29) is 0 Å². The average Bonchev–Trinajstić information content (AvgIpc) is 2.63. The summed E-state index contributed by atoms with van der Waals surface area (Å²) >= 11 is 3.60. The molecule has 0 spiro atoms. The van der Waals surface area contributed by atoms with Crippen LogP contribution < -0.4 is 0 Å². The molecule has 1 atom stereocenters. The largest absolute Gasteiger partial charge is 0.354 e. The van der Waals surface area contributed by atoms with Crippen molar-refractivity contribution in [3.63, 3.8) is 0 Å². The van der Waals surface area contributed by atoms with Crippen molar-refractivity contribution in [2.45, 2.75) is 22.6 Å². The van der Waals surface area contributed by atoms with E-state index in [1.54, 1.807) is 12.1 Å². The lowest BCUT2D eigenvalue weighted by molar-refractivity contribution is 0.354. The van der Waals surface area contributed by atoms with Crippen molar-refractivity contribution >= 4 is 31.8 Å². The molecular weight excluding hydrogens is 316 g/mol. The number of piperidine rings is 1. The maximum absolute atomic E-state index is 12.0. The fourth-order valence-corrected chi connectivity index (χ4v) is 4.34. The molecule has 2 aliphatic heterocycles. The van der Waals surface area contributed by atoms with Gasteiger partial charge in [-0.05, 0) is 25.0 Å². The Kier molecular flexibility index (Phi) is 2.94. The number of benzene rings is 1. The van der Waals surface area contributed by atoms with Crippen LogP contribution >= 0.6 is 15.9 Å². The summed E-state index contributed by atoms with van der Waals surface area (Å²) in [4.78, 5) is 2.80. The zero-order valence-corrected chi connectivity index (χ0v) is 12.1. The SMILES string of the molecule is O=S1(=O)N=C(N2CCCC(Br)C2)c2ccccc21. The van der Waals surface area contributed by atoms with Gasteiger partial charge in [0.25, 0.3) is 10.0 Å². The summed E-state index contributed by atoms with van der Waals surface area (Å²) in [7, 11) is -3.49. The molecule has 0 bridgehead atoms. The van der Waals surface area contributed by atoms with Crippen LogP contribution in [0.3, 0.4) is 0 Å². The molecule has 1 aromatic rings. The van der Waals surface area contributed by atoms with Gasteiger partial charge in [-0.3, -0.25) is 0 Å². The lowest BCUT2D eigenvalue weighted by atomic mass is 10.1. The van der Waals surface area contributed by atoms with Crippen molar-refractivity contribution in [1.29, 1.82) is 0 Å². The predicted octanol–water partition coefficient (Wildman–Crippen LogP) is 1.99. The molecule has 6 heteroatoms. The van der Waals surface area contributed by atoms with E-state index in [0.717, 1.165) is 31.5 Å². The zero-order chi connectivity index (χ0) is 12.8.